The van der Waals surface area contributed by atoms with Gasteiger partial charge in [-0.25, -0.2) is 4.31 Å². The third kappa shape index (κ3) is 6.49. The molecular formula is C23H32ClN5OS. The van der Waals surface area contributed by atoms with Crippen molar-refractivity contribution in [1.82, 2.24) is 19.4 Å². The van der Waals surface area contributed by atoms with E-state index in [-0.39, 0.29) is 12.1 Å². The number of dihydropyridines is 1. The minimum absolute atomic E-state index is 0.0952. The topological polar surface area (TPSA) is 64.8 Å². The van der Waals surface area contributed by atoms with E-state index in [1.165, 1.54) is 11.1 Å². The van der Waals surface area contributed by atoms with Gasteiger partial charge in [0.1, 0.15) is 0 Å². The number of piperazine rings is 1. The van der Waals surface area contributed by atoms with Crippen molar-refractivity contribution in [2.24, 2.45) is 11.7 Å². The largest absolute Gasteiger partial charge is 0.373 e. The number of likely N-dealkylation sites (tertiary alicyclic amines) is 1. The summed E-state index contributed by atoms with van der Waals surface area (Å²) in [5.74, 6) is 1.46. The standard InChI is InChI=1S/C23H32ClN5OS/c24-21-3-1-18(2-4-21)17-31-29-13-11-28(12-14-29)23(30)20-6-9-27(10-7-20)16-19-5-8-26-22(25)15-19/h1-5,8,15,20,22,26H,6-7,9-14,16-17,25H2. The third-order valence-corrected chi connectivity index (χ3v) is 7.64. The molecule has 3 heterocycles. The van der Waals surface area contributed by atoms with Crippen LogP contribution in [0.15, 0.2) is 48.2 Å². The lowest BCUT2D eigenvalue weighted by atomic mass is 9.94. The molecule has 1 aromatic carbocycles. The number of rotatable bonds is 6. The van der Waals surface area contributed by atoms with Gasteiger partial charge in [0, 0.05) is 49.4 Å². The van der Waals surface area contributed by atoms with Crippen molar-refractivity contribution in [2.45, 2.75) is 24.8 Å². The SMILES string of the molecule is NC1C=C(CN2CCC(C(=O)N3CCN(SCc4ccc(Cl)cc4)CC3)CC2)C=CN1. The number of nitrogens with zero attached hydrogens (tertiary/aromatic N) is 3. The molecule has 0 saturated carbocycles. The van der Waals surface area contributed by atoms with Crippen molar-refractivity contribution in [1.29, 1.82) is 0 Å². The Labute approximate surface area is 194 Å². The molecule has 0 radical (unpaired) electrons. The molecule has 0 aliphatic carbocycles. The van der Waals surface area contributed by atoms with Crippen molar-refractivity contribution in [2.75, 3.05) is 45.8 Å². The first kappa shape index (κ1) is 22.7. The van der Waals surface area contributed by atoms with Crippen LogP contribution < -0.4 is 11.1 Å². The number of benzene rings is 1. The normalized spacial score (nSPS) is 23.5. The average molecular weight is 462 g/mol. The van der Waals surface area contributed by atoms with Gasteiger partial charge in [-0.05, 0) is 67.6 Å². The van der Waals surface area contributed by atoms with Crippen LogP contribution in [-0.4, -0.2) is 72.0 Å². The summed E-state index contributed by atoms with van der Waals surface area (Å²) in [7, 11) is 0. The molecule has 8 heteroatoms. The molecule has 3 N–H and O–H groups in total. The molecule has 0 bridgehead atoms. The van der Waals surface area contributed by atoms with Crippen LogP contribution in [0.4, 0.5) is 0 Å². The highest BCUT2D eigenvalue weighted by molar-refractivity contribution is 7.96. The monoisotopic (exact) mass is 461 g/mol. The van der Waals surface area contributed by atoms with Gasteiger partial charge in [-0.3, -0.25) is 9.69 Å². The average Bonchev–Trinajstić information content (AvgIpc) is 2.79. The zero-order valence-corrected chi connectivity index (χ0v) is 19.5. The Hall–Kier alpha value is -1.51. The second-order valence-corrected chi connectivity index (χ2v) is 9.97. The van der Waals surface area contributed by atoms with E-state index in [9.17, 15) is 4.79 Å². The Bertz CT molecular complexity index is 799. The van der Waals surface area contributed by atoms with Gasteiger partial charge in [0.25, 0.3) is 0 Å². The van der Waals surface area contributed by atoms with Crippen molar-refractivity contribution in [3.8, 4) is 0 Å². The lowest BCUT2D eigenvalue weighted by Crippen LogP contribution is -2.50. The van der Waals surface area contributed by atoms with Crippen LogP contribution in [0.5, 0.6) is 0 Å². The zero-order chi connectivity index (χ0) is 21.6. The molecule has 0 aromatic heterocycles. The summed E-state index contributed by atoms with van der Waals surface area (Å²) in [4.78, 5) is 17.5. The van der Waals surface area contributed by atoms with Crippen molar-refractivity contribution in [3.05, 3.63) is 58.8 Å². The highest BCUT2D eigenvalue weighted by atomic mass is 35.5. The first-order valence-electron chi connectivity index (χ1n) is 11.1. The molecule has 3 aliphatic rings. The molecule has 168 valence electrons. The fraction of sp³-hybridized carbons (Fsp3) is 0.522. The Balaban J connectivity index is 1.16. The molecule has 1 amide bonds. The summed E-state index contributed by atoms with van der Waals surface area (Å²) in [6.45, 7) is 6.37. The van der Waals surface area contributed by atoms with Crippen LogP contribution in [0.1, 0.15) is 18.4 Å². The van der Waals surface area contributed by atoms with Gasteiger partial charge >= 0.3 is 0 Å². The number of halogens is 1. The number of carbonyl (C=O) groups excluding carboxylic acids is 1. The predicted molar refractivity (Wildman–Crippen MR) is 128 cm³/mol. The Morgan fingerprint density at radius 3 is 2.48 bits per heavy atom. The molecule has 1 aromatic rings. The van der Waals surface area contributed by atoms with Gasteiger partial charge in [0.2, 0.25) is 5.91 Å². The third-order valence-electron chi connectivity index (χ3n) is 6.20. The van der Waals surface area contributed by atoms with Crippen molar-refractivity contribution < 1.29 is 4.79 Å². The second-order valence-electron chi connectivity index (χ2n) is 8.47. The van der Waals surface area contributed by atoms with E-state index in [2.05, 4.69) is 43.7 Å². The lowest BCUT2D eigenvalue weighted by Gasteiger charge is -2.38. The van der Waals surface area contributed by atoms with Gasteiger partial charge < -0.3 is 16.0 Å². The molecule has 2 fully saturated rings. The minimum atomic E-state index is -0.0952. The van der Waals surface area contributed by atoms with E-state index in [0.29, 0.717) is 5.91 Å². The van der Waals surface area contributed by atoms with E-state index in [4.69, 9.17) is 17.3 Å². The fourth-order valence-corrected chi connectivity index (χ4v) is 5.42. The quantitative estimate of drug-likeness (QED) is 0.635. The first-order valence-corrected chi connectivity index (χ1v) is 12.4. The van der Waals surface area contributed by atoms with Gasteiger partial charge in [-0.1, -0.05) is 35.7 Å². The summed E-state index contributed by atoms with van der Waals surface area (Å²) >= 11 is 7.80. The number of nitrogens with two attached hydrogens (primary N) is 1. The number of hydrogen-bond donors (Lipinski definition) is 2. The molecule has 2 saturated heterocycles. The van der Waals surface area contributed by atoms with Crippen LogP contribution >= 0.6 is 23.5 Å². The summed E-state index contributed by atoms with van der Waals surface area (Å²) in [5.41, 5.74) is 8.45. The maximum atomic E-state index is 13.0. The molecule has 31 heavy (non-hydrogen) atoms. The van der Waals surface area contributed by atoms with E-state index in [0.717, 1.165) is 69.4 Å². The number of hydrogen-bond acceptors (Lipinski definition) is 6. The van der Waals surface area contributed by atoms with Crippen LogP contribution in [0, 0.1) is 5.92 Å². The van der Waals surface area contributed by atoms with Crippen LogP contribution in [0.25, 0.3) is 0 Å². The fourth-order valence-electron chi connectivity index (χ4n) is 4.34. The van der Waals surface area contributed by atoms with Crippen molar-refractivity contribution >= 4 is 29.5 Å². The van der Waals surface area contributed by atoms with E-state index in [1.54, 1.807) is 0 Å². The molecular weight excluding hydrogens is 430 g/mol. The minimum Gasteiger partial charge on any atom is -0.373 e. The Morgan fingerprint density at radius 2 is 1.81 bits per heavy atom. The van der Waals surface area contributed by atoms with Gasteiger partial charge in [-0.15, -0.1) is 0 Å². The molecule has 1 atom stereocenters. The first-order chi connectivity index (χ1) is 15.1. The highest BCUT2D eigenvalue weighted by Crippen LogP contribution is 2.24. The number of carbonyl (C=O) groups is 1. The smallest absolute Gasteiger partial charge is 0.225 e. The maximum absolute atomic E-state index is 13.0. The van der Waals surface area contributed by atoms with Crippen LogP contribution in [0.2, 0.25) is 5.02 Å². The molecule has 0 spiro atoms. The number of nitrogens with one attached hydrogen (secondary N) is 1. The summed E-state index contributed by atoms with van der Waals surface area (Å²) in [6.07, 6.45) is 7.88. The summed E-state index contributed by atoms with van der Waals surface area (Å²) in [5, 5.41) is 3.85. The predicted octanol–water partition coefficient (Wildman–Crippen LogP) is 2.67. The van der Waals surface area contributed by atoms with E-state index < -0.39 is 0 Å². The summed E-state index contributed by atoms with van der Waals surface area (Å²) in [6, 6.07) is 8.03. The molecule has 3 aliphatic heterocycles. The summed E-state index contributed by atoms with van der Waals surface area (Å²) < 4.78 is 2.38. The van der Waals surface area contributed by atoms with Gasteiger partial charge in [0.05, 0.1) is 6.17 Å². The lowest BCUT2D eigenvalue weighted by molar-refractivity contribution is -0.138. The van der Waals surface area contributed by atoms with Gasteiger partial charge in [-0.2, -0.15) is 0 Å². The maximum Gasteiger partial charge on any atom is 0.225 e. The number of amides is 1. The van der Waals surface area contributed by atoms with Crippen molar-refractivity contribution in [3.63, 3.8) is 0 Å². The number of piperidine rings is 1. The molecule has 1 unspecified atom stereocenters. The van der Waals surface area contributed by atoms with Crippen LogP contribution in [0.3, 0.4) is 0 Å². The van der Waals surface area contributed by atoms with E-state index >= 15 is 0 Å². The molecule has 6 nitrogen and oxygen atoms in total. The van der Waals surface area contributed by atoms with E-state index in [1.807, 2.05) is 30.3 Å². The van der Waals surface area contributed by atoms with Crippen LogP contribution in [-0.2, 0) is 10.5 Å². The molecule has 4 rings (SSSR count). The Morgan fingerprint density at radius 1 is 1.10 bits per heavy atom. The van der Waals surface area contributed by atoms with Gasteiger partial charge in [0.15, 0.2) is 0 Å². The Kier molecular flexibility index (Phi) is 7.96. The zero-order valence-electron chi connectivity index (χ0n) is 17.9. The highest BCUT2D eigenvalue weighted by Gasteiger charge is 2.30. The second kappa shape index (κ2) is 10.9.